The Hall–Kier alpha value is -2.06. The van der Waals surface area contributed by atoms with E-state index in [0.29, 0.717) is 0 Å². The molecule has 0 N–H and O–H groups in total. The molecule has 3 aromatic rings. The van der Waals surface area contributed by atoms with Crippen LogP contribution in [-0.4, -0.2) is 16.5 Å². The van der Waals surface area contributed by atoms with E-state index in [-0.39, 0.29) is 0 Å². The van der Waals surface area contributed by atoms with Crippen LogP contribution in [0.2, 0.25) is 0 Å². The van der Waals surface area contributed by atoms with Crippen molar-refractivity contribution in [2.24, 2.45) is 7.05 Å². The van der Waals surface area contributed by atoms with E-state index in [9.17, 15) is 0 Å². The second-order valence-electron chi connectivity index (χ2n) is 5.42. The molecule has 0 radical (unpaired) electrons. The van der Waals surface area contributed by atoms with E-state index in [4.69, 9.17) is 0 Å². The SMILES string of the molecule is CN(Cc1cccc2ccccc12)Cc1cccn1C. The van der Waals surface area contributed by atoms with E-state index >= 15 is 0 Å². The lowest BCUT2D eigenvalue weighted by Crippen LogP contribution is -2.18. The van der Waals surface area contributed by atoms with Gasteiger partial charge < -0.3 is 4.57 Å². The second-order valence-corrected chi connectivity index (χ2v) is 5.42. The molecular weight excluding hydrogens is 244 g/mol. The summed E-state index contributed by atoms with van der Waals surface area (Å²) in [7, 11) is 4.27. The first-order valence-electron chi connectivity index (χ1n) is 6.99. The second kappa shape index (κ2) is 5.51. The zero-order chi connectivity index (χ0) is 13.9. The van der Waals surface area contributed by atoms with E-state index in [0.717, 1.165) is 13.1 Å². The third-order valence-corrected chi connectivity index (χ3v) is 3.80. The van der Waals surface area contributed by atoms with Crippen molar-refractivity contribution in [3.63, 3.8) is 0 Å². The first-order chi connectivity index (χ1) is 9.74. The summed E-state index contributed by atoms with van der Waals surface area (Å²) in [6.07, 6.45) is 2.10. The quantitative estimate of drug-likeness (QED) is 0.695. The molecule has 0 bridgehead atoms. The van der Waals surface area contributed by atoms with E-state index in [1.165, 1.54) is 22.0 Å². The minimum atomic E-state index is 0.965. The number of rotatable bonds is 4. The van der Waals surface area contributed by atoms with E-state index in [1.807, 2.05) is 0 Å². The highest BCUT2D eigenvalue weighted by Crippen LogP contribution is 2.20. The van der Waals surface area contributed by atoms with Crippen molar-refractivity contribution in [1.29, 1.82) is 0 Å². The van der Waals surface area contributed by atoms with Crippen LogP contribution in [0.4, 0.5) is 0 Å². The first-order valence-corrected chi connectivity index (χ1v) is 6.99. The maximum atomic E-state index is 2.36. The number of hydrogen-bond donors (Lipinski definition) is 0. The summed E-state index contributed by atoms with van der Waals surface area (Å²) >= 11 is 0. The molecule has 0 spiro atoms. The highest BCUT2D eigenvalue weighted by molar-refractivity contribution is 5.85. The van der Waals surface area contributed by atoms with E-state index in [1.54, 1.807) is 0 Å². The smallest absolute Gasteiger partial charge is 0.0387 e. The summed E-state index contributed by atoms with van der Waals surface area (Å²) in [5.74, 6) is 0. The zero-order valence-corrected chi connectivity index (χ0v) is 12.1. The Bertz CT molecular complexity index is 707. The number of aryl methyl sites for hydroxylation is 1. The maximum absolute atomic E-state index is 2.36. The van der Waals surface area contributed by atoms with Gasteiger partial charge in [0, 0.05) is 32.0 Å². The number of nitrogens with zero attached hydrogens (tertiary/aromatic N) is 2. The fourth-order valence-electron chi connectivity index (χ4n) is 2.71. The normalized spacial score (nSPS) is 11.3. The molecule has 0 saturated heterocycles. The average molecular weight is 264 g/mol. The van der Waals surface area contributed by atoms with Gasteiger partial charge in [-0.2, -0.15) is 0 Å². The predicted molar refractivity (Wildman–Crippen MR) is 84.5 cm³/mol. The van der Waals surface area contributed by atoms with Gasteiger partial charge >= 0.3 is 0 Å². The van der Waals surface area contributed by atoms with Gasteiger partial charge in [0.25, 0.3) is 0 Å². The van der Waals surface area contributed by atoms with Crippen LogP contribution in [0, 0.1) is 0 Å². The van der Waals surface area contributed by atoms with Crippen molar-refractivity contribution in [1.82, 2.24) is 9.47 Å². The highest BCUT2D eigenvalue weighted by Gasteiger charge is 2.06. The molecular formula is C18H20N2. The zero-order valence-electron chi connectivity index (χ0n) is 12.1. The lowest BCUT2D eigenvalue weighted by atomic mass is 10.0. The Morgan fingerprint density at radius 1 is 0.900 bits per heavy atom. The number of hydrogen-bond acceptors (Lipinski definition) is 1. The van der Waals surface area contributed by atoms with Gasteiger partial charge in [-0.05, 0) is 35.5 Å². The molecule has 0 fully saturated rings. The molecule has 1 aromatic heterocycles. The molecule has 2 nitrogen and oxygen atoms in total. The predicted octanol–water partition coefficient (Wildman–Crippen LogP) is 3.81. The molecule has 3 rings (SSSR count). The fraction of sp³-hybridized carbons (Fsp3) is 0.222. The van der Waals surface area contributed by atoms with Crippen LogP contribution < -0.4 is 0 Å². The van der Waals surface area contributed by atoms with Crippen LogP contribution in [0.3, 0.4) is 0 Å². The van der Waals surface area contributed by atoms with Crippen LogP contribution >= 0.6 is 0 Å². The molecule has 0 saturated carbocycles. The minimum absolute atomic E-state index is 0.965. The Balaban J connectivity index is 1.81. The summed E-state index contributed by atoms with van der Waals surface area (Å²) in [5, 5.41) is 2.67. The van der Waals surface area contributed by atoms with Crippen LogP contribution in [0.15, 0.2) is 60.8 Å². The molecule has 0 amide bonds. The molecule has 0 aliphatic heterocycles. The first kappa shape index (κ1) is 12.9. The molecule has 1 heterocycles. The minimum Gasteiger partial charge on any atom is -0.353 e. The van der Waals surface area contributed by atoms with Gasteiger partial charge in [0.1, 0.15) is 0 Å². The summed E-state index contributed by atoms with van der Waals surface area (Å²) < 4.78 is 2.18. The molecule has 2 aromatic carbocycles. The molecule has 20 heavy (non-hydrogen) atoms. The fourth-order valence-corrected chi connectivity index (χ4v) is 2.71. The van der Waals surface area contributed by atoms with Crippen molar-refractivity contribution in [3.05, 3.63) is 72.1 Å². The van der Waals surface area contributed by atoms with Gasteiger partial charge in [-0.15, -0.1) is 0 Å². The summed E-state index contributed by atoms with van der Waals surface area (Å²) in [5.41, 5.74) is 2.73. The highest BCUT2D eigenvalue weighted by atomic mass is 15.1. The number of aromatic nitrogens is 1. The van der Waals surface area contributed by atoms with Gasteiger partial charge in [0.15, 0.2) is 0 Å². The monoisotopic (exact) mass is 264 g/mol. The Morgan fingerprint density at radius 2 is 1.70 bits per heavy atom. The van der Waals surface area contributed by atoms with Crippen molar-refractivity contribution in [2.75, 3.05) is 7.05 Å². The Labute approximate surface area is 120 Å². The molecule has 2 heteroatoms. The molecule has 0 aliphatic carbocycles. The molecule has 0 aliphatic rings. The van der Waals surface area contributed by atoms with Crippen molar-refractivity contribution in [2.45, 2.75) is 13.1 Å². The van der Waals surface area contributed by atoms with Gasteiger partial charge in [-0.25, -0.2) is 0 Å². The van der Waals surface area contributed by atoms with Crippen molar-refractivity contribution < 1.29 is 0 Å². The largest absolute Gasteiger partial charge is 0.353 e. The van der Waals surface area contributed by atoms with Crippen LogP contribution in [0.25, 0.3) is 10.8 Å². The third kappa shape index (κ3) is 2.61. The van der Waals surface area contributed by atoms with Crippen LogP contribution in [-0.2, 0) is 20.1 Å². The Kier molecular flexibility index (Phi) is 3.57. The van der Waals surface area contributed by atoms with E-state index in [2.05, 4.69) is 84.4 Å². The molecule has 0 atom stereocenters. The summed E-state index contributed by atoms with van der Waals surface area (Å²) in [4.78, 5) is 2.36. The van der Waals surface area contributed by atoms with Gasteiger partial charge in [0.2, 0.25) is 0 Å². The summed E-state index contributed by atoms with van der Waals surface area (Å²) in [6, 6.07) is 19.4. The topological polar surface area (TPSA) is 8.17 Å². The third-order valence-electron chi connectivity index (χ3n) is 3.80. The Morgan fingerprint density at radius 3 is 2.50 bits per heavy atom. The number of fused-ring (bicyclic) bond motifs is 1. The molecule has 102 valence electrons. The number of benzene rings is 2. The average Bonchev–Trinajstić information content (AvgIpc) is 2.85. The lowest BCUT2D eigenvalue weighted by molar-refractivity contribution is 0.312. The van der Waals surface area contributed by atoms with Gasteiger partial charge in [0.05, 0.1) is 0 Å². The van der Waals surface area contributed by atoms with Gasteiger partial charge in [-0.3, -0.25) is 4.90 Å². The van der Waals surface area contributed by atoms with E-state index < -0.39 is 0 Å². The standard InChI is InChI=1S/C18H20N2/c1-19(14-17-10-6-12-20(17)2)13-16-9-5-8-15-7-3-4-11-18(15)16/h3-12H,13-14H2,1-2H3. The van der Waals surface area contributed by atoms with Crippen LogP contribution in [0.5, 0.6) is 0 Å². The van der Waals surface area contributed by atoms with Crippen molar-refractivity contribution >= 4 is 10.8 Å². The van der Waals surface area contributed by atoms with Gasteiger partial charge in [-0.1, -0.05) is 42.5 Å². The summed E-state index contributed by atoms with van der Waals surface area (Å²) in [6.45, 7) is 1.93. The lowest BCUT2D eigenvalue weighted by Gasteiger charge is -2.18. The maximum Gasteiger partial charge on any atom is 0.0387 e. The van der Waals surface area contributed by atoms with Crippen LogP contribution in [0.1, 0.15) is 11.3 Å². The van der Waals surface area contributed by atoms with Crippen molar-refractivity contribution in [3.8, 4) is 0 Å². The molecule has 0 unspecified atom stereocenters.